The van der Waals surface area contributed by atoms with Crippen molar-refractivity contribution in [3.63, 3.8) is 0 Å². The van der Waals surface area contributed by atoms with Gasteiger partial charge in [0, 0.05) is 57.3 Å². The van der Waals surface area contributed by atoms with Crippen LogP contribution in [0.4, 0.5) is 0 Å². The summed E-state index contributed by atoms with van der Waals surface area (Å²) in [6.45, 7) is 26.7. The fraction of sp³-hybridized carbons (Fsp3) is 0.804. The number of rotatable bonds is 12. The molecular formula is C51H93N5O11. The van der Waals surface area contributed by atoms with Crippen LogP contribution in [0.15, 0.2) is 41.8 Å². The second kappa shape index (κ2) is 29.9. The van der Waals surface area contributed by atoms with E-state index in [0.29, 0.717) is 38.5 Å². The van der Waals surface area contributed by atoms with Gasteiger partial charge in [0.05, 0.1) is 48.6 Å². The number of hydrogen-bond acceptors (Lipinski definition) is 16. The number of methoxy groups -OCH3 is 2. The molecule has 0 spiro atoms. The van der Waals surface area contributed by atoms with Crippen LogP contribution in [0.25, 0.3) is 0 Å². The van der Waals surface area contributed by atoms with Gasteiger partial charge in [-0.05, 0) is 109 Å². The molecule has 6 N–H and O–H groups in total. The Morgan fingerprint density at radius 2 is 1.51 bits per heavy atom. The summed E-state index contributed by atoms with van der Waals surface area (Å²) in [5.41, 5.74) is 4.83. The van der Waals surface area contributed by atoms with Crippen LogP contribution < -0.4 is 11.6 Å². The first-order valence-corrected chi connectivity index (χ1v) is 24.6. The Labute approximate surface area is 404 Å². The molecule has 3 saturated heterocycles. The fourth-order valence-electron chi connectivity index (χ4n) is 9.24. The number of nitroso groups, excluding NO2 is 1. The lowest BCUT2D eigenvalue weighted by atomic mass is 9.75. The SMILES string of the molecule is CC.CCN(C)C1C[C@@H](C)O[C@@H](N=O)C1.CC[C@H]1OC(=O)[C@H](C)[C@@H](O[C@H]2C[C@@](C)(OC)CCO2)[C@H](C)C[C@](C)(OC)C[C@@H](C)C(=O)[C@H](C)[C@@H](O)[C@]1(C)O.CCc1ccc(CN(N)/C=C\N)cc1. The number of benzene rings is 1. The van der Waals surface area contributed by atoms with Crippen LogP contribution in [0.5, 0.6) is 0 Å². The van der Waals surface area contributed by atoms with Crippen molar-refractivity contribution in [1.29, 1.82) is 0 Å². The maximum Gasteiger partial charge on any atom is 0.311 e. The zero-order valence-electron chi connectivity index (χ0n) is 44.2. The number of cyclic esters (lactones) is 1. The minimum atomic E-state index is -1.83. The Balaban J connectivity index is 0.000000625. The topological polar surface area (TPSA) is 218 Å². The number of aliphatic hydroxyl groups is 2. The summed E-state index contributed by atoms with van der Waals surface area (Å²) in [5, 5.41) is 26.9. The number of carbonyl (C=O) groups excluding carboxylic acids is 2. The molecule has 3 aliphatic heterocycles. The van der Waals surface area contributed by atoms with E-state index in [9.17, 15) is 24.7 Å². The zero-order valence-corrected chi connectivity index (χ0v) is 44.2. The van der Waals surface area contributed by atoms with Crippen molar-refractivity contribution in [3.8, 4) is 0 Å². The van der Waals surface area contributed by atoms with Crippen molar-refractivity contribution in [2.45, 2.75) is 208 Å². The average molecular weight is 952 g/mol. The van der Waals surface area contributed by atoms with Crippen molar-refractivity contribution < 1.29 is 48.2 Å². The summed E-state index contributed by atoms with van der Waals surface area (Å²) in [7, 11) is 5.36. The number of hydrazine groups is 1. The van der Waals surface area contributed by atoms with E-state index in [0.717, 1.165) is 32.2 Å². The van der Waals surface area contributed by atoms with Crippen LogP contribution in [-0.2, 0) is 51.0 Å². The number of Topliss-reactive ketones (excluding diaryl/α,β-unsaturated/α-hetero) is 1. The van der Waals surface area contributed by atoms with Crippen LogP contribution in [0, 0.1) is 28.6 Å². The molecule has 0 radical (unpaired) electrons. The second-order valence-corrected chi connectivity index (χ2v) is 19.3. The van der Waals surface area contributed by atoms with Gasteiger partial charge in [-0.25, -0.2) is 5.84 Å². The maximum absolute atomic E-state index is 13.5. The first-order chi connectivity index (χ1) is 31.5. The number of esters is 1. The van der Waals surface area contributed by atoms with Crippen molar-refractivity contribution in [2.24, 2.45) is 40.4 Å². The molecule has 3 fully saturated rings. The molecule has 0 bridgehead atoms. The highest BCUT2D eigenvalue weighted by atomic mass is 16.7. The number of carbonyl (C=O) groups is 2. The van der Waals surface area contributed by atoms with Gasteiger partial charge in [-0.2, -0.15) is 0 Å². The lowest BCUT2D eigenvalue weighted by molar-refractivity contribution is -0.248. The number of aliphatic hydroxyl groups excluding tert-OH is 1. The average Bonchev–Trinajstić information content (AvgIpc) is 3.31. The molecule has 4 rings (SSSR count). The molecule has 388 valence electrons. The highest BCUT2D eigenvalue weighted by Crippen LogP contribution is 2.38. The smallest absolute Gasteiger partial charge is 0.311 e. The molecule has 1 aromatic rings. The Kier molecular flexibility index (Phi) is 27.6. The standard InChI is InChI=1S/C29H52O9.C11H17N3.C9H18N2O2.C2H6/c1-11-21-29(8,33)25(31)19(4)23(30)17(2)14-28(7,35-10)15-18(3)24(20(5)26(32)37-21)38-22-16-27(6,34-9)12-13-36-22;1-2-10-3-5-11(6-4-10)9-14(13)8-7-12;1-4-11(3)8-5-7(2)13-9(6-8)10-12;1-2/h17-22,24-25,31,33H,11-16H2,1-10H3;3-8H,2,9,12-13H2,1H3;7-9H,4-6H2,1-3H3;1-2H3/b;8-7-;;/t17-,18-,19+,20-,21-,22+,24+,25-,27+,28-,29-;;7-,8?,9-;/m1.1./s1. The molecule has 1 unspecified atom stereocenters. The molecule has 3 heterocycles. The molecule has 0 aliphatic carbocycles. The molecular weight excluding hydrogens is 859 g/mol. The third kappa shape index (κ3) is 19.3. The molecule has 3 aliphatic rings. The predicted octanol–water partition coefficient (Wildman–Crippen LogP) is 7.64. The Morgan fingerprint density at radius 3 is 2.03 bits per heavy atom. The van der Waals surface area contributed by atoms with Gasteiger partial charge >= 0.3 is 5.97 Å². The van der Waals surface area contributed by atoms with E-state index in [1.165, 1.54) is 24.3 Å². The van der Waals surface area contributed by atoms with E-state index >= 15 is 0 Å². The summed E-state index contributed by atoms with van der Waals surface area (Å²) in [6, 6.07) is 8.85. The van der Waals surface area contributed by atoms with Gasteiger partial charge < -0.3 is 54.3 Å². The van der Waals surface area contributed by atoms with Gasteiger partial charge in [0.15, 0.2) is 12.5 Å². The Hall–Kier alpha value is -3.06. The largest absolute Gasteiger partial charge is 0.459 e. The summed E-state index contributed by atoms with van der Waals surface area (Å²) >= 11 is 0. The number of nitrogens with two attached hydrogens (primary N) is 2. The summed E-state index contributed by atoms with van der Waals surface area (Å²) in [5.74, 6) is 2.76. The molecule has 1 aromatic carbocycles. The molecule has 14 atom stereocenters. The second-order valence-electron chi connectivity index (χ2n) is 19.3. The molecule has 67 heavy (non-hydrogen) atoms. The summed E-state index contributed by atoms with van der Waals surface area (Å²) in [6.07, 6.45) is 4.43. The van der Waals surface area contributed by atoms with E-state index < -0.39 is 71.4 Å². The monoisotopic (exact) mass is 952 g/mol. The lowest BCUT2D eigenvalue weighted by Crippen LogP contribution is -2.56. The number of hydrogen-bond donors (Lipinski definition) is 4. The zero-order chi connectivity index (χ0) is 51.3. The maximum atomic E-state index is 13.5. The highest BCUT2D eigenvalue weighted by Gasteiger charge is 2.48. The van der Waals surface area contributed by atoms with Crippen LogP contribution in [-0.4, -0.2) is 126 Å². The molecule has 0 aromatic heterocycles. The fourth-order valence-corrected chi connectivity index (χ4v) is 9.24. The summed E-state index contributed by atoms with van der Waals surface area (Å²) in [4.78, 5) is 39.5. The lowest BCUT2D eigenvalue weighted by Gasteiger charge is -2.43. The van der Waals surface area contributed by atoms with Crippen LogP contribution in [0.1, 0.15) is 146 Å². The van der Waals surface area contributed by atoms with Gasteiger partial charge in [-0.3, -0.25) is 9.59 Å². The van der Waals surface area contributed by atoms with E-state index in [2.05, 4.69) is 55.2 Å². The minimum absolute atomic E-state index is 0.149. The molecule has 16 nitrogen and oxygen atoms in total. The van der Waals surface area contributed by atoms with Crippen molar-refractivity contribution in [3.05, 3.63) is 52.7 Å². The first-order valence-electron chi connectivity index (χ1n) is 24.6. The quantitative estimate of drug-likeness (QED) is 0.0685. The van der Waals surface area contributed by atoms with Crippen molar-refractivity contribution in [2.75, 3.05) is 34.4 Å². The Bertz CT molecular complexity index is 1600. The molecule has 0 saturated carbocycles. The van der Waals surface area contributed by atoms with Gasteiger partial charge in [0.1, 0.15) is 17.5 Å². The number of aryl methyl sites for hydroxylation is 1. The van der Waals surface area contributed by atoms with Gasteiger partial charge in [-0.1, -0.05) is 79.7 Å². The molecule has 16 heteroatoms. The van der Waals surface area contributed by atoms with Gasteiger partial charge in [-0.15, -0.1) is 4.91 Å². The predicted molar refractivity (Wildman–Crippen MR) is 264 cm³/mol. The number of ketones is 1. The summed E-state index contributed by atoms with van der Waals surface area (Å²) < 4.78 is 35.2. The van der Waals surface area contributed by atoms with E-state index in [-0.39, 0.29) is 24.2 Å². The van der Waals surface area contributed by atoms with E-state index in [4.69, 9.17) is 40.0 Å². The Morgan fingerprint density at radius 1 is 0.910 bits per heavy atom. The number of ether oxygens (including phenoxy) is 6. The van der Waals surface area contributed by atoms with Gasteiger partial charge in [0.25, 0.3) is 0 Å². The van der Waals surface area contributed by atoms with Crippen LogP contribution >= 0.6 is 0 Å². The first kappa shape index (κ1) is 62.0. The van der Waals surface area contributed by atoms with Crippen molar-refractivity contribution >= 4 is 11.8 Å². The van der Waals surface area contributed by atoms with Crippen LogP contribution in [0.3, 0.4) is 0 Å². The van der Waals surface area contributed by atoms with E-state index in [1.54, 1.807) is 46.2 Å². The van der Waals surface area contributed by atoms with Crippen LogP contribution in [0.2, 0.25) is 0 Å². The van der Waals surface area contributed by atoms with Gasteiger partial charge in [0.2, 0.25) is 0 Å². The third-order valence-corrected chi connectivity index (χ3v) is 13.8. The number of nitrogens with zero attached hydrogens (tertiary/aromatic N) is 3. The normalized spacial score (nSPS) is 35.4. The third-order valence-electron chi connectivity index (χ3n) is 13.8. The van der Waals surface area contributed by atoms with Crippen molar-refractivity contribution in [1.82, 2.24) is 9.91 Å². The van der Waals surface area contributed by atoms with E-state index in [1.807, 2.05) is 48.5 Å². The minimum Gasteiger partial charge on any atom is -0.459 e. The molecule has 0 amide bonds. The highest BCUT2D eigenvalue weighted by molar-refractivity contribution is 5.83.